The summed E-state index contributed by atoms with van der Waals surface area (Å²) in [5, 5.41) is 17.6. The lowest BCUT2D eigenvalue weighted by atomic mass is 9.92. The van der Waals surface area contributed by atoms with Crippen LogP contribution in [0.3, 0.4) is 0 Å². The van der Waals surface area contributed by atoms with Crippen molar-refractivity contribution in [3.63, 3.8) is 0 Å². The first-order valence-corrected chi connectivity index (χ1v) is 11.9. The zero-order valence-electron chi connectivity index (χ0n) is 19.5. The van der Waals surface area contributed by atoms with E-state index in [-0.39, 0.29) is 18.2 Å². The van der Waals surface area contributed by atoms with Gasteiger partial charge < -0.3 is 25.4 Å². The highest BCUT2D eigenvalue weighted by atomic mass is 16.6. The summed E-state index contributed by atoms with van der Waals surface area (Å²) in [6.45, 7) is 3.98. The van der Waals surface area contributed by atoms with Crippen LogP contribution >= 0.6 is 0 Å². The van der Waals surface area contributed by atoms with E-state index in [1.54, 1.807) is 35.2 Å². The summed E-state index contributed by atoms with van der Waals surface area (Å²) in [5.41, 5.74) is -2.07. The van der Waals surface area contributed by atoms with E-state index in [4.69, 9.17) is 4.74 Å². The minimum Gasteiger partial charge on any atom is -0.478 e. The lowest BCUT2D eigenvalue weighted by Gasteiger charge is -2.35. The van der Waals surface area contributed by atoms with Crippen molar-refractivity contribution in [1.29, 1.82) is 0 Å². The predicted octanol–water partition coefficient (Wildman–Crippen LogP) is 1.71. The van der Waals surface area contributed by atoms with Crippen molar-refractivity contribution in [2.75, 3.05) is 26.2 Å². The average molecular weight is 475 g/mol. The molecular weight excluding hydrogens is 440 g/mol. The molecule has 0 bridgehead atoms. The topological polar surface area (TPSA) is 137 Å². The van der Waals surface area contributed by atoms with Crippen molar-refractivity contribution in [2.45, 2.75) is 51.1 Å². The maximum absolute atomic E-state index is 12.9. The quantitative estimate of drug-likeness (QED) is 0.421. The van der Waals surface area contributed by atoms with Gasteiger partial charge in [-0.05, 0) is 70.2 Å². The number of amides is 3. The molecule has 0 aromatic heterocycles. The highest BCUT2D eigenvalue weighted by Crippen LogP contribution is 2.22. The molecule has 2 fully saturated rings. The second kappa shape index (κ2) is 11.8. The molecule has 186 valence electrons. The molecule has 1 aromatic carbocycles. The molecule has 34 heavy (non-hydrogen) atoms. The largest absolute Gasteiger partial charge is 0.478 e. The molecule has 2 aliphatic heterocycles. The van der Waals surface area contributed by atoms with Gasteiger partial charge in [-0.15, -0.1) is 0 Å². The Kier molecular flexibility index (Phi) is 8.86. The fourth-order valence-corrected chi connectivity index (χ4v) is 4.39. The van der Waals surface area contributed by atoms with E-state index in [0.717, 1.165) is 32.4 Å². The summed E-state index contributed by atoms with van der Waals surface area (Å²) >= 11 is 0. The Morgan fingerprint density at radius 2 is 1.82 bits per heavy atom. The molecule has 2 aliphatic rings. The van der Waals surface area contributed by atoms with Gasteiger partial charge in [-0.25, -0.2) is 9.59 Å². The van der Waals surface area contributed by atoms with E-state index < -0.39 is 29.6 Å². The number of hydrogen-bond donors (Lipinski definition) is 4. The Morgan fingerprint density at radius 3 is 2.50 bits per heavy atom. The van der Waals surface area contributed by atoms with Crippen LogP contribution in [0.5, 0.6) is 5.75 Å². The Hall–Kier alpha value is -3.14. The fourth-order valence-electron chi connectivity index (χ4n) is 4.39. The number of benzene rings is 1. The zero-order valence-corrected chi connectivity index (χ0v) is 19.5. The maximum atomic E-state index is 12.9. The third kappa shape index (κ3) is 7.18. The number of carbonyl (C=O) groups is 4. The molecule has 0 unspecified atom stereocenters. The second-order valence-corrected chi connectivity index (χ2v) is 9.16. The Balaban J connectivity index is 1.53. The second-order valence-electron chi connectivity index (χ2n) is 9.16. The lowest BCUT2D eigenvalue weighted by Crippen LogP contribution is -2.65. The predicted molar refractivity (Wildman–Crippen MR) is 124 cm³/mol. The lowest BCUT2D eigenvalue weighted by molar-refractivity contribution is -0.149. The van der Waals surface area contributed by atoms with Gasteiger partial charge in [0, 0.05) is 19.5 Å². The third-order valence-corrected chi connectivity index (χ3v) is 6.48. The number of piperidine rings is 2. The van der Waals surface area contributed by atoms with Crippen LogP contribution in [0.4, 0.5) is 4.79 Å². The van der Waals surface area contributed by atoms with E-state index in [2.05, 4.69) is 16.0 Å². The molecule has 3 amide bonds. The monoisotopic (exact) mass is 474 g/mol. The molecule has 3 rings (SSSR count). The highest BCUT2D eigenvalue weighted by molar-refractivity contribution is 5.90. The summed E-state index contributed by atoms with van der Waals surface area (Å²) in [7, 11) is 0. The number of likely N-dealkylation sites (tertiary alicyclic amines) is 1. The SMILES string of the molecule is C[C@@](NC(=O)Oc1ccccc1)(NC(=O)[C@@H]1CCCN(C(=O)CCC2CCNCC2)C1)C(=O)O. The molecule has 0 aliphatic carbocycles. The maximum Gasteiger partial charge on any atom is 0.414 e. The van der Waals surface area contributed by atoms with Gasteiger partial charge in [-0.2, -0.15) is 0 Å². The van der Waals surface area contributed by atoms with Gasteiger partial charge in [-0.1, -0.05) is 18.2 Å². The smallest absolute Gasteiger partial charge is 0.414 e. The first-order chi connectivity index (χ1) is 16.3. The zero-order chi connectivity index (χ0) is 24.6. The minimum atomic E-state index is -2.07. The van der Waals surface area contributed by atoms with Crippen LogP contribution in [-0.4, -0.2) is 65.7 Å². The first-order valence-electron chi connectivity index (χ1n) is 11.9. The molecule has 0 spiro atoms. The summed E-state index contributed by atoms with van der Waals surface area (Å²) in [4.78, 5) is 51.5. The van der Waals surface area contributed by atoms with Gasteiger partial charge in [0.2, 0.25) is 17.5 Å². The number of ether oxygens (including phenoxy) is 1. The third-order valence-electron chi connectivity index (χ3n) is 6.48. The Labute approximate surface area is 199 Å². The molecule has 10 nitrogen and oxygen atoms in total. The average Bonchev–Trinajstić information content (AvgIpc) is 2.83. The number of nitrogens with zero attached hydrogens (tertiary/aromatic N) is 1. The van der Waals surface area contributed by atoms with Crippen molar-refractivity contribution in [2.24, 2.45) is 11.8 Å². The summed E-state index contributed by atoms with van der Waals surface area (Å²) in [5.74, 6) is -1.70. The van der Waals surface area contributed by atoms with Gasteiger partial charge in [0.1, 0.15) is 5.75 Å². The van der Waals surface area contributed by atoms with E-state index in [1.807, 2.05) is 0 Å². The number of carboxylic acid groups (broad SMARTS) is 1. The Bertz CT molecular complexity index is 873. The van der Waals surface area contributed by atoms with Crippen LogP contribution in [0, 0.1) is 11.8 Å². The van der Waals surface area contributed by atoms with Crippen LogP contribution in [0.2, 0.25) is 0 Å². The number of carbonyl (C=O) groups excluding carboxylic acids is 3. The molecule has 0 radical (unpaired) electrons. The van der Waals surface area contributed by atoms with Gasteiger partial charge in [0.25, 0.3) is 0 Å². The molecular formula is C24H34N4O6. The van der Waals surface area contributed by atoms with E-state index in [1.165, 1.54) is 6.92 Å². The highest BCUT2D eigenvalue weighted by Gasteiger charge is 2.40. The van der Waals surface area contributed by atoms with E-state index in [0.29, 0.717) is 31.7 Å². The van der Waals surface area contributed by atoms with Crippen LogP contribution in [0.15, 0.2) is 30.3 Å². The van der Waals surface area contributed by atoms with Crippen LogP contribution in [0.1, 0.15) is 45.4 Å². The molecule has 2 atom stereocenters. The normalized spacial score (nSPS) is 20.6. The molecule has 2 heterocycles. The van der Waals surface area contributed by atoms with Crippen molar-refractivity contribution < 1.29 is 29.0 Å². The van der Waals surface area contributed by atoms with Crippen LogP contribution in [-0.2, 0) is 14.4 Å². The van der Waals surface area contributed by atoms with Crippen molar-refractivity contribution >= 4 is 23.9 Å². The summed E-state index contributed by atoms with van der Waals surface area (Å²) < 4.78 is 5.09. The first kappa shape index (κ1) is 25.5. The number of hydrogen-bond acceptors (Lipinski definition) is 6. The van der Waals surface area contributed by atoms with Gasteiger partial charge in [0.15, 0.2) is 0 Å². The molecule has 4 N–H and O–H groups in total. The van der Waals surface area contributed by atoms with Gasteiger partial charge in [-0.3, -0.25) is 14.9 Å². The van der Waals surface area contributed by atoms with Gasteiger partial charge in [0.05, 0.1) is 5.92 Å². The molecule has 2 saturated heterocycles. The van der Waals surface area contributed by atoms with Crippen LogP contribution < -0.4 is 20.7 Å². The van der Waals surface area contributed by atoms with Crippen molar-refractivity contribution in [3.05, 3.63) is 30.3 Å². The summed E-state index contributed by atoms with van der Waals surface area (Å²) in [6, 6.07) is 8.19. The van der Waals surface area contributed by atoms with E-state index in [9.17, 15) is 24.3 Å². The summed E-state index contributed by atoms with van der Waals surface area (Å²) in [6.07, 6.45) is 3.64. The number of rotatable bonds is 8. The fraction of sp³-hybridized carbons (Fsp3) is 0.583. The number of carboxylic acids is 1. The minimum absolute atomic E-state index is 0.0293. The Morgan fingerprint density at radius 1 is 1.12 bits per heavy atom. The van der Waals surface area contributed by atoms with Gasteiger partial charge >= 0.3 is 12.1 Å². The molecule has 10 heteroatoms. The molecule has 1 aromatic rings. The standard InChI is InChI=1S/C24H34N4O6/c1-24(22(31)32,27-23(33)34-19-7-3-2-4-8-19)26-21(30)18-6-5-15-28(16-18)20(29)10-9-17-11-13-25-14-12-17/h2-4,7-8,17-18,25H,5-6,9-16H2,1H3,(H,26,30)(H,27,33)(H,31,32)/t18-,24+/m1/s1. The number of para-hydroxylation sites is 1. The van der Waals surface area contributed by atoms with Crippen LogP contribution in [0.25, 0.3) is 0 Å². The van der Waals surface area contributed by atoms with E-state index >= 15 is 0 Å². The van der Waals surface area contributed by atoms with Crippen molar-refractivity contribution in [1.82, 2.24) is 20.9 Å². The van der Waals surface area contributed by atoms with Crippen molar-refractivity contribution in [3.8, 4) is 5.75 Å². The molecule has 0 saturated carbocycles. The number of aliphatic carboxylic acids is 1. The number of nitrogens with one attached hydrogen (secondary N) is 3.